The molecule has 0 radical (unpaired) electrons. The summed E-state index contributed by atoms with van der Waals surface area (Å²) in [6, 6.07) is 25.4. The van der Waals surface area contributed by atoms with Gasteiger partial charge in [0.15, 0.2) is 5.82 Å². The predicted octanol–water partition coefficient (Wildman–Crippen LogP) is 6.29. The van der Waals surface area contributed by atoms with Gasteiger partial charge in [-0.25, -0.2) is 4.98 Å². The molecular weight excluding hydrogens is 410 g/mol. The molecule has 0 aliphatic heterocycles. The quantitative estimate of drug-likeness (QED) is 0.389. The zero-order valence-electron chi connectivity index (χ0n) is 13.6. The number of rotatable bonds is 3. The molecule has 1 heterocycles. The standard InChI is InChI=1S/C21H13BrClN3/c22-17-11-9-15(10-12-17)21-24-19(16-7-4-8-18(23)13-16)20(25-26-21)14-5-2-1-3-6-14/h1-13H. The minimum Gasteiger partial charge on any atom is -0.224 e. The lowest BCUT2D eigenvalue weighted by molar-refractivity contribution is 0.991. The molecule has 26 heavy (non-hydrogen) atoms. The molecule has 0 spiro atoms. The highest BCUT2D eigenvalue weighted by Crippen LogP contribution is 2.31. The van der Waals surface area contributed by atoms with Crippen LogP contribution in [0, 0.1) is 0 Å². The molecule has 0 bridgehead atoms. The summed E-state index contributed by atoms with van der Waals surface area (Å²) < 4.78 is 1.00. The first kappa shape index (κ1) is 16.9. The summed E-state index contributed by atoms with van der Waals surface area (Å²) in [6.07, 6.45) is 0. The van der Waals surface area contributed by atoms with E-state index in [4.69, 9.17) is 16.6 Å². The van der Waals surface area contributed by atoms with Crippen molar-refractivity contribution >= 4 is 27.5 Å². The monoisotopic (exact) mass is 421 g/mol. The number of hydrogen-bond acceptors (Lipinski definition) is 3. The molecule has 3 aromatic carbocycles. The second-order valence-electron chi connectivity index (χ2n) is 5.72. The average Bonchev–Trinajstić information content (AvgIpc) is 2.69. The number of benzene rings is 3. The number of aromatic nitrogens is 3. The fourth-order valence-corrected chi connectivity index (χ4v) is 3.13. The second-order valence-corrected chi connectivity index (χ2v) is 7.07. The zero-order chi connectivity index (χ0) is 17.9. The van der Waals surface area contributed by atoms with E-state index >= 15 is 0 Å². The number of hydrogen-bond donors (Lipinski definition) is 0. The Morgan fingerprint density at radius 2 is 1.38 bits per heavy atom. The van der Waals surface area contributed by atoms with Gasteiger partial charge >= 0.3 is 0 Å². The lowest BCUT2D eigenvalue weighted by Gasteiger charge is -2.10. The van der Waals surface area contributed by atoms with Crippen molar-refractivity contribution in [3.05, 3.63) is 88.4 Å². The molecule has 0 saturated heterocycles. The molecule has 0 aliphatic rings. The Morgan fingerprint density at radius 3 is 2.12 bits per heavy atom. The van der Waals surface area contributed by atoms with Crippen LogP contribution in [0.3, 0.4) is 0 Å². The number of nitrogens with zero attached hydrogens (tertiary/aromatic N) is 3. The van der Waals surface area contributed by atoms with Crippen molar-refractivity contribution in [3.8, 4) is 33.9 Å². The van der Waals surface area contributed by atoms with Crippen molar-refractivity contribution < 1.29 is 0 Å². The van der Waals surface area contributed by atoms with E-state index in [1.807, 2.05) is 78.9 Å². The maximum Gasteiger partial charge on any atom is 0.182 e. The SMILES string of the molecule is Clc1cccc(-c2nc(-c3ccc(Br)cc3)nnc2-c2ccccc2)c1. The molecule has 1 aromatic heterocycles. The lowest BCUT2D eigenvalue weighted by atomic mass is 10.0. The van der Waals surface area contributed by atoms with E-state index in [0.717, 1.165) is 32.6 Å². The van der Waals surface area contributed by atoms with Crippen LogP contribution in [0.5, 0.6) is 0 Å². The summed E-state index contributed by atoms with van der Waals surface area (Å²) in [4.78, 5) is 4.81. The summed E-state index contributed by atoms with van der Waals surface area (Å²) in [5.41, 5.74) is 4.26. The predicted molar refractivity (Wildman–Crippen MR) is 109 cm³/mol. The summed E-state index contributed by atoms with van der Waals surface area (Å²) in [5.74, 6) is 0.576. The molecule has 0 saturated carbocycles. The van der Waals surface area contributed by atoms with E-state index in [2.05, 4.69) is 26.1 Å². The van der Waals surface area contributed by atoms with Crippen LogP contribution in [0.2, 0.25) is 5.02 Å². The van der Waals surface area contributed by atoms with Crippen LogP contribution in [-0.4, -0.2) is 15.2 Å². The Kier molecular flexibility index (Phi) is 4.78. The first-order valence-electron chi connectivity index (χ1n) is 8.03. The topological polar surface area (TPSA) is 38.7 Å². The molecule has 0 amide bonds. The van der Waals surface area contributed by atoms with Crippen LogP contribution in [0.4, 0.5) is 0 Å². The Morgan fingerprint density at radius 1 is 0.654 bits per heavy atom. The molecule has 5 heteroatoms. The van der Waals surface area contributed by atoms with E-state index in [-0.39, 0.29) is 0 Å². The minimum absolute atomic E-state index is 0.576. The van der Waals surface area contributed by atoms with Crippen LogP contribution >= 0.6 is 27.5 Å². The van der Waals surface area contributed by atoms with Crippen molar-refractivity contribution in [3.63, 3.8) is 0 Å². The van der Waals surface area contributed by atoms with Crippen molar-refractivity contribution in [1.29, 1.82) is 0 Å². The van der Waals surface area contributed by atoms with Crippen LogP contribution in [0.25, 0.3) is 33.9 Å². The summed E-state index contributed by atoms with van der Waals surface area (Å²) in [5, 5.41) is 9.50. The van der Waals surface area contributed by atoms with Gasteiger partial charge in [0.25, 0.3) is 0 Å². The normalized spacial score (nSPS) is 10.7. The molecule has 4 rings (SSSR count). The van der Waals surface area contributed by atoms with Crippen molar-refractivity contribution in [2.24, 2.45) is 0 Å². The maximum atomic E-state index is 6.20. The van der Waals surface area contributed by atoms with Gasteiger partial charge in [-0.3, -0.25) is 0 Å². The van der Waals surface area contributed by atoms with Crippen LogP contribution in [0.15, 0.2) is 83.3 Å². The first-order valence-corrected chi connectivity index (χ1v) is 9.20. The largest absolute Gasteiger partial charge is 0.224 e. The van der Waals surface area contributed by atoms with Crippen LogP contribution < -0.4 is 0 Å². The maximum absolute atomic E-state index is 6.20. The average molecular weight is 423 g/mol. The van der Waals surface area contributed by atoms with E-state index in [1.165, 1.54) is 0 Å². The van der Waals surface area contributed by atoms with Gasteiger partial charge in [-0.15, -0.1) is 10.2 Å². The van der Waals surface area contributed by atoms with Gasteiger partial charge in [-0.1, -0.05) is 82.1 Å². The van der Waals surface area contributed by atoms with Gasteiger partial charge < -0.3 is 0 Å². The minimum atomic E-state index is 0.576. The molecule has 4 aromatic rings. The van der Waals surface area contributed by atoms with Gasteiger partial charge in [0.2, 0.25) is 0 Å². The lowest BCUT2D eigenvalue weighted by Crippen LogP contribution is -2.00. The molecule has 3 nitrogen and oxygen atoms in total. The number of halogens is 2. The molecule has 0 N–H and O–H groups in total. The fourth-order valence-electron chi connectivity index (χ4n) is 2.67. The van der Waals surface area contributed by atoms with Gasteiger partial charge in [-0.2, -0.15) is 0 Å². The highest BCUT2D eigenvalue weighted by atomic mass is 79.9. The van der Waals surface area contributed by atoms with Crippen molar-refractivity contribution in [2.75, 3.05) is 0 Å². The van der Waals surface area contributed by atoms with E-state index in [1.54, 1.807) is 0 Å². The summed E-state index contributed by atoms with van der Waals surface area (Å²) >= 11 is 9.65. The third-order valence-corrected chi connectivity index (χ3v) is 4.70. The van der Waals surface area contributed by atoms with Gasteiger partial charge in [0, 0.05) is 26.2 Å². The van der Waals surface area contributed by atoms with Gasteiger partial charge in [0.05, 0.1) is 0 Å². The van der Waals surface area contributed by atoms with Crippen molar-refractivity contribution in [1.82, 2.24) is 15.2 Å². The van der Waals surface area contributed by atoms with Gasteiger partial charge in [-0.05, 0) is 24.3 Å². The van der Waals surface area contributed by atoms with Crippen LogP contribution in [0.1, 0.15) is 0 Å². The van der Waals surface area contributed by atoms with Crippen LogP contribution in [-0.2, 0) is 0 Å². The summed E-state index contributed by atoms with van der Waals surface area (Å²) in [7, 11) is 0. The van der Waals surface area contributed by atoms with Gasteiger partial charge in [0.1, 0.15) is 11.4 Å². The Bertz CT molecular complexity index is 1050. The third kappa shape index (κ3) is 3.52. The molecular formula is C21H13BrClN3. The first-order chi connectivity index (χ1) is 12.7. The van der Waals surface area contributed by atoms with E-state index < -0.39 is 0 Å². The smallest absolute Gasteiger partial charge is 0.182 e. The highest BCUT2D eigenvalue weighted by Gasteiger charge is 2.14. The summed E-state index contributed by atoms with van der Waals surface area (Å²) in [6.45, 7) is 0. The van der Waals surface area contributed by atoms with E-state index in [0.29, 0.717) is 10.8 Å². The Labute approximate surface area is 164 Å². The Balaban J connectivity index is 1.91. The third-order valence-electron chi connectivity index (χ3n) is 3.93. The van der Waals surface area contributed by atoms with E-state index in [9.17, 15) is 0 Å². The molecule has 0 unspecified atom stereocenters. The molecule has 0 aliphatic carbocycles. The molecule has 0 fully saturated rings. The van der Waals surface area contributed by atoms with Crippen molar-refractivity contribution in [2.45, 2.75) is 0 Å². The zero-order valence-corrected chi connectivity index (χ0v) is 15.9. The second kappa shape index (κ2) is 7.36. The molecule has 0 atom stereocenters. The fraction of sp³-hybridized carbons (Fsp3) is 0. The Hall–Kier alpha value is -2.56. The highest BCUT2D eigenvalue weighted by molar-refractivity contribution is 9.10. The molecule has 126 valence electrons.